The minimum Gasteiger partial charge on any atom is -0.494 e. The summed E-state index contributed by atoms with van der Waals surface area (Å²) in [7, 11) is 0. The summed E-state index contributed by atoms with van der Waals surface area (Å²) in [5, 5.41) is 21.1. The van der Waals surface area contributed by atoms with Crippen molar-refractivity contribution in [1.29, 1.82) is 5.26 Å². The van der Waals surface area contributed by atoms with Crippen LogP contribution in [-0.4, -0.2) is 15.5 Å². The number of carbonyl (C=O) groups excluding carboxylic acids is 1. The number of rotatable bonds is 4. The van der Waals surface area contributed by atoms with Gasteiger partial charge in [0.1, 0.15) is 17.2 Å². The lowest BCUT2D eigenvalue weighted by atomic mass is 9.98. The number of ketones is 1. The van der Waals surface area contributed by atoms with Gasteiger partial charge >= 0.3 is 0 Å². The van der Waals surface area contributed by atoms with Crippen LogP contribution in [0.4, 0.5) is 0 Å². The first kappa shape index (κ1) is 19.4. The number of aryl methyl sites for hydroxylation is 2. The molecule has 0 radical (unpaired) electrons. The van der Waals surface area contributed by atoms with Gasteiger partial charge in [-0.3, -0.25) is 14.2 Å². The molecule has 144 valence electrons. The maximum atomic E-state index is 13.3. The SMILES string of the molecule is CCC(C)n1c(O)c(C(=O)c2oc3cc(C)ccc3c2C)c(C)c(C#N)c1=O. The lowest BCUT2D eigenvalue weighted by molar-refractivity contribution is 0.100. The summed E-state index contributed by atoms with van der Waals surface area (Å²) < 4.78 is 6.92. The number of furan rings is 1. The predicted molar refractivity (Wildman–Crippen MR) is 106 cm³/mol. The Bertz CT molecular complexity index is 1210. The second kappa shape index (κ2) is 7.01. The van der Waals surface area contributed by atoms with Crippen LogP contribution in [0, 0.1) is 32.1 Å². The standard InChI is InChI=1S/C22H22N2O4/c1-6-12(3)24-21(26)16(10-23)13(4)18(22(24)27)19(25)20-14(5)15-8-7-11(2)9-17(15)28-20/h7-9,12,27H,6H2,1-5H3. The summed E-state index contributed by atoms with van der Waals surface area (Å²) in [5.41, 5.74) is 1.57. The largest absolute Gasteiger partial charge is 0.494 e. The van der Waals surface area contributed by atoms with E-state index in [9.17, 15) is 20.0 Å². The number of nitriles is 1. The van der Waals surface area contributed by atoms with E-state index in [1.54, 1.807) is 13.8 Å². The monoisotopic (exact) mass is 378 g/mol. The summed E-state index contributed by atoms with van der Waals surface area (Å²) in [6, 6.07) is 7.16. The van der Waals surface area contributed by atoms with Gasteiger partial charge in [0.15, 0.2) is 5.76 Å². The third-order valence-electron chi connectivity index (χ3n) is 5.30. The highest BCUT2D eigenvalue weighted by molar-refractivity contribution is 6.12. The van der Waals surface area contributed by atoms with Crippen LogP contribution < -0.4 is 5.56 Å². The van der Waals surface area contributed by atoms with Crippen molar-refractivity contribution >= 4 is 16.8 Å². The van der Waals surface area contributed by atoms with Crippen molar-refractivity contribution in [2.75, 3.05) is 0 Å². The average Bonchev–Trinajstić information content (AvgIpc) is 2.97. The van der Waals surface area contributed by atoms with Gasteiger partial charge in [0.25, 0.3) is 5.56 Å². The minimum absolute atomic E-state index is 0.0738. The van der Waals surface area contributed by atoms with Crippen LogP contribution in [0.15, 0.2) is 27.4 Å². The number of aromatic nitrogens is 1. The van der Waals surface area contributed by atoms with Crippen molar-refractivity contribution in [1.82, 2.24) is 4.57 Å². The molecule has 0 spiro atoms. The second-order valence-corrected chi connectivity index (χ2v) is 7.13. The number of hydrogen-bond donors (Lipinski definition) is 1. The minimum atomic E-state index is -0.597. The molecule has 3 rings (SSSR count). The van der Waals surface area contributed by atoms with E-state index in [1.165, 1.54) is 6.92 Å². The van der Waals surface area contributed by atoms with Crippen LogP contribution in [0.25, 0.3) is 11.0 Å². The molecular formula is C22H22N2O4. The zero-order valence-electron chi connectivity index (χ0n) is 16.6. The van der Waals surface area contributed by atoms with E-state index >= 15 is 0 Å². The van der Waals surface area contributed by atoms with Gasteiger partial charge in [-0.15, -0.1) is 0 Å². The van der Waals surface area contributed by atoms with Crippen molar-refractivity contribution in [3.8, 4) is 11.9 Å². The van der Waals surface area contributed by atoms with Gasteiger partial charge in [0.2, 0.25) is 11.7 Å². The number of carbonyl (C=O) groups is 1. The average molecular weight is 378 g/mol. The molecule has 1 aromatic carbocycles. The lowest BCUT2D eigenvalue weighted by Crippen LogP contribution is -2.28. The predicted octanol–water partition coefficient (Wildman–Crippen LogP) is 4.30. The number of nitrogens with zero attached hydrogens (tertiary/aromatic N) is 2. The fourth-order valence-corrected chi connectivity index (χ4v) is 3.45. The number of hydrogen-bond acceptors (Lipinski definition) is 5. The molecule has 0 fully saturated rings. The molecule has 0 amide bonds. The molecule has 1 unspecified atom stereocenters. The fraction of sp³-hybridized carbons (Fsp3) is 0.318. The number of aromatic hydroxyl groups is 1. The third kappa shape index (κ3) is 2.80. The van der Waals surface area contributed by atoms with Gasteiger partial charge in [-0.1, -0.05) is 19.1 Å². The van der Waals surface area contributed by atoms with Crippen LogP contribution in [0.2, 0.25) is 0 Å². The molecule has 0 bridgehead atoms. The quantitative estimate of drug-likeness (QED) is 0.683. The summed E-state index contributed by atoms with van der Waals surface area (Å²) >= 11 is 0. The van der Waals surface area contributed by atoms with Gasteiger partial charge in [-0.2, -0.15) is 5.26 Å². The Morgan fingerprint density at radius 1 is 1.29 bits per heavy atom. The van der Waals surface area contributed by atoms with Gasteiger partial charge in [-0.25, -0.2) is 0 Å². The maximum absolute atomic E-state index is 13.3. The lowest BCUT2D eigenvalue weighted by Gasteiger charge is -2.19. The molecule has 6 nitrogen and oxygen atoms in total. The Labute approximate surface area is 162 Å². The molecule has 0 saturated carbocycles. The van der Waals surface area contributed by atoms with Crippen molar-refractivity contribution in [2.24, 2.45) is 0 Å². The van der Waals surface area contributed by atoms with E-state index in [4.69, 9.17) is 4.42 Å². The molecule has 2 heterocycles. The summed E-state index contributed by atoms with van der Waals surface area (Å²) in [5.74, 6) is -0.885. The zero-order chi connectivity index (χ0) is 20.7. The third-order valence-corrected chi connectivity index (χ3v) is 5.30. The highest BCUT2D eigenvalue weighted by Crippen LogP contribution is 2.32. The van der Waals surface area contributed by atoms with Crippen molar-refractivity contribution in [2.45, 2.75) is 47.1 Å². The molecule has 0 aliphatic carbocycles. The molecule has 1 atom stereocenters. The first-order chi connectivity index (χ1) is 13.2. The highest BCUT2D eigenvalue weighted by Gasteiger charge is 2.29. The van der Waals surface area contributed by atoms with Crippen molar-refractivity contribution < 1.29 is 14.3 Å². The Morgan fingerprint density at radius 2 is 1.96 bits per heavy atom. The van der Waals surface area contributed by atoms with E-state index < -0.39 is 17.2 Å². The second-order valence-electron chi connectivity index (χ2n) is 7.13. The fourth-order valence-electron chi connectivity index (χ4n) is 3.45. The van der Waals surface area contributed by atoms with E-state index in [0.29, 0.717) is 17.6 Å². The van der Waals surface area contributed by atoms with Crippen LogP contribution in [-0.2, 0) is 0 Å². The van der Waals surface area contributed by atoms with Gasteiger partial charge in [-0.05, 0) is 51.3 Å². The Morgan fingerprint density at radius 3 is 2.57 bits per heavy atom. The van der Waals surface area contributed by atoms with E-state index in [2.05, 4.69) is 0 Å². The molecule has 28 heavy (non-hydrogen) atoms. The van der Waals surface area contributed by atoms with E-state index in [1.807, 2.05) is 38.1 Å². The number of fused-ring (bicyclic) bond motifs is 1. The van der Waals surface area contributed by atoms with Crippen molar-refractivity contribution in [3.05, 3.63) is 62.1 Å². The highest BCUT2D eigenvalue weighted by atomic mass is 16.3. The first-order valence-electron chi connectivity index (χ1n) is 9.15. The zero-order valence-corrected chi connectivity index (χ0v) is 16.6. The van der Waals surface area contributed by atoms with Crippen LogP contribution in [0.3, 0.4) is 0 Å². The smallest absolute Gasteiger partial charge is 0.271 e. The Balaban J connectivity index is 2.32. The van der Waals surface area contributed by atoms with Gasteiger partial charge in [0.05, 0.1) is 5.56 Å². The molecule has 3 aromatic rings. The Hall–Kier alpha value is -3.33. The summed E-state index contributed by atoms with van der Waals surface area (Å²) in [4.78, 5) is 26.0. The maximum Gasteiger partial charge on any atom is 0.271 e. The molecule has 0 aliphatic heterocycles. The van der Waals surface area contributed by atoms with Gasteiger partial charge in [0, 0.05) is 17.0 Å². The van der Waals surface area contributed by atoms with Crippen LogP contribution in [0.5, 0.6) is 5.88 Å². The normalized spacial score (nSPS) is 12.1. The van der Waals surface area contributed by atoms with E-state index in [-0.39, 0.29) is 28.5 Å². The molecule has 2 aromatic heterocycles. The Kier molecular flexibility index (Phi) is 4.86. The molecule has 0 aliphatic rings. The van der Waals surface area contributed by atoms with Gasteiger partial charge < -0.3 is 9.52 Å². The molecule has 0 saturated heterocycles. The van der Waals surface area contributed by atoms with Crippen LogP contribution in [0.1, 0.15) is 64.7 Å². The summed E-state index contributed by atoms with van der Waals surface area (Å²) in [6.45, 7) is 8.80. The first-order valence-corrected chi connectivity index (χ1v) is 9.15. The topological polar surface area (TPSA) is 96.2 Å². The summed E-state index contributed by atoms with van der Waals surface area (Å²) in [6.07, 6.45) is 0.554. The van der Waals surface area contributed by atoms with E-state index in [0.717, 1.165) is 15.5 Å². The molecular weight excluding hydrogens is 356 g/mol. The molecule has 1 N–H and O–H groups in total. The molecule has 6 heteroatoms. The van der Waals surface area contributed by atoms with Crippen molar-refractivity contribution in [3.63, 3.8) is 0 Å². The number of benzene rings is 1. The van der Waals surface area contributed by atoms with Crippen LogP contribution >= 0.6 is 0 Å². The number of pyridine rings is 1.